The van der Waals surface area contributed by atoms with Crippen molar-refractivity contribution in [2.45, 2.75) is 20.4 Å². The minimum atomic E-state index is 0.292. The number of fused-ring (bicyclic) bond motifs is 1. The fourth-order valence-corrected chi connectivity index (χ4v) is 3.47. The number of nitrogens with one attached hydrogen (secondary N) is 2. The van der Waals surface area contributed by atoms with Gasteiger partial charge in [0.25, 0.3) is 0 Å². The van der Waals surface area contributed by atoms with E-state index >= 15 is 0 Å². The average molecular weight is 382 g/mol. The van der Waals surface area contributed by atoms with Gasteiger partial charge in [0.05, 0.1) is 23.3 Å². The van der Waals surface area contributed by atoms with Crippen molar-refractivity contribution in [2.75, 3.05) is 11.1 Å². The number of pyridine rings is 1. The molecular weight excluding hydrogens is 360 g/mol. The van der Waals surface area contributed by atoms with Gasteiger partial charge in [0.1, 0.15) is 18.0 Å². The molecule has 4 rings (SSSR count). The second kappa shape index (κ2) is 7.67. The number of nitrogen functional groups attached to an aromatic ring is 1. The molecule has 6 nitrogen and oxygen atoms in total. The lowest BCUT2D eigenvalue weighted by Crippen LogP contribution is -2.12. The first-order chi connectivity index (χ1) is 14.0. The van der Waals surface area contributed by atoms with E-state index in [-0.39, 0.29) is 0 Å². The van der Waals surface area contributed by atoms with Crippen LogP contribution >= 0.6 is 0 Å². The van der Waals surface area contributed by atoms with Crippen LogP contribution in [0.15, 0.2) is 60.9 Å². The lowest BCUT2D eigenvalue weighted by Gasteiger charge is -2.15. The molecule has 0 amide bonds. The van der Waals surface area contributed by atoms with Gasteiger partial charge < -0.3 is 16.5 Å². The number of rotatable bonds is 5. The molecule has 4 aromatic rings. The molecule has 2 aromatic heterocycles. The highest BCUT2D eigenvalue weighted by atomic mass is 15.0. The van der Waals surface area contributed by atoms with Crippen LogP contribution in [0.25, 0.3) is 22.0 Å². The Morgan fingerprint density at radius 2 is 1.79 bits per heavy atom. The van der Waals surface area contributed by atoms with E-state index in [1.807, 2.05) is 30.3 Å². The molecule has 0 unspecified atom stereocenters. The van der Waals surface area contributed by atoms with E-state index in [4.69, 9.17) is 16.1 Å². The van der Waals surface area contributed by atoms with Gasteiger partial charge in [-0.2, -0.15) is 0 Å². The van der Waals surface area contributed by atoms with Gasteiger partial charge in [-0.25, -0.2) is 9.97 Å². The standard InChI is InChI=1S/C23H22N6/c1-14-7-3-5-9-17(14)18-11-16-8-4-6-10-19(16)29-20(18)12-26-23-21(15(2)24)22(25)27-13-28-23/h3-11,13,24H,12H2,1-2H3,(H3,25,26,27,28). The number of anilines is 2. The summed E-state index contributed by atoms with van der Waals surface area (Å²) in [5.41, 5.74) is 12.0. The molecular formula is C23H22N6. The number of aromatic nitrogens is 3. The lowest BCUT2D eigenvalue weighted by molar-refractivity contribution is 1.03. The molecule has 6 heteroatoms. The normalized spacial score (nSPS) is 10.8. The van der Waals surface area contributed by atoms with E-state index in [9.17, 15) is 0 Å². The van der Waals surface area contributed by atoms with Gasteiger partial charge in [-0.05, 0) is 37.1 Å². The first-order valence-electron chi connectivity index (χ1n) is 9.39. The number of nitrogens with zero attached hydrogens (tertiary/aromatic N) is 3. The number of aryl methyl sites for hydroxylation is 1. The van der Waals surface area contributed by atoms with Gasteiger partial charge in [-0.3, -0.25) is 4.98 Å². The van der Waals surface area contributed by atoms with E-state index in [1.165, 1.54) is 11.9 Å². The van der Waals surface area contributed by atoms with Crippen LogP contribution in [-0.4, -0.2) is 20.7 Å². The maximum absolute atomic E-state index is 8.00. The third-order valence-corrected chi connectivity index (χ3v) is 4.91. The van der Waals surface area contributed by atoms with Crippen molar-refractivity contribution in [1.29, 1.82) is 5.41 Å². The topological polar surface area (TPSA) is 101 Å². The van der Waals surface area contributed by atoms with Crippen LogP contribution in [0.3, 0.4) is 0 Å². The summed E-state index contributed by atoms with van der Waals surface area (Å²) >= 11 is 0. The van der Waals surface area contributed by atoms with Crippen molar-refractivity contribution in [3.8, 4) is 11.1 Å². The molecule has 0 aliphatic carbocycles. The number of hydrogen-bond acceptors (Lipinski definition) is 6. The number of benzene rings is 2. The maximum atomic E-state index is 8.00. The van der Waals surface area contributed by atoms with Crippen LogP contribution in [0.5, 0.6) is 0 Å². The summed E-state index contributed by atoms with van der Waals surface area (Å²) in [6, 6.07) is 18.6. The summed E-state index contributed by atoms with van der Waals surface area (Å²) in [5, 5.41) is 12.4. The molecule has 0 aliphatic rings. The summed E-state index contributed by atoms with van der Waals surface area (Å²) < 4.78 is 0. The Kier molecular flexibility index (Phi) is 4.91. The Labute approximate surface area is 169 Å². The van der Waals surface area contributed by atoms with E-state index in [1.54, 1.807) is 6.92 Å². The van der Waals surface area contributed by atoms with Crippen LogP contribution in [0.2, 0.25) is 0 Å². The molecule has 0 saturated carbocycles. The first-order valence-corrected chi connectivity index (χ1v) is 9.39. The van der Waals surface area contributed by atoms with E-state index < -0.39 is 0 Å². The highest BCUT2D eigenvalue weighted by Crippen LogP contribution is 2.30. The second-order valence-corrected chi connectivity index (χ2v) is 6.95. The fraction of sp³-hybridized carbons (Fsp3) is 0.130. The van der Waals surface area contributed by atoms with Crippen LogP contribution in [0.1, 0.15) is 23.7 Å². The second-order valence-electron chi connectivity index (χ2n) is 6.95. The van der Waals surface area contributed by atoms with Gasteiger partial charge in [0.2, 0.25) is 0 Å². The molecule has 29 heavy (non-hydrogen) atoms. The molecule has 0 spiro atoms. The molecule has 0 aliphatic heterocycles. The Morgan fingerprint density at radius 3 is 2.59 bits per heavy atom. The monoisotopic (exact) mass is 382 g/mol. The van der Waals surface area contributed by atoms with Crippen LogP contribution < -0.4 is 11.1 Å². The lowest BCUT2D eigenvalue weighted by atomic mass is 9.97. The maximum Gasteiger partial charge on any atom is 0.140 e. The van der Waals surface area contributed by atoms with Crippen molar-refractivity contribution in [3.63, 3.8) is 0 Å². The third kappa shape index (κ3) is 3.65. The zero-order chi connectivity index (χ0) is 20.4. The molecule has 0 bridgehead atoms. The zero-order valence-electron chi connectivity index (χ0n) is 16.4. The van der Waals surface area contributed by atoms with Crippen molar-refractivity contribution >= 4 is 28.3 Å². The molecule has 2 aromatic carbocycles. The molecule has 0 fully saturated rings. The minimum absolute atomic E-state index is 0.292. The Morgan fingerprint density at radius 1 is 1.03 bits per heavy atom. The van der Waals surface area contributed by atoms with Crippen molar-refractivity contribution in [3.05, 3.63) is 77.7 Å². The quantitative estimate of drug-likeness (QED) is 0.439. The summed E-state index contributed by atoms with van der Waals surface area (Å²) in [7, 11) is 0. The van der Waals surface area contributed by atoms with Crippen molar-refractivity contribution < 1.29 is 0 Å². The molecule has 0 atom stereocenters. The molecule has 0 saturated heterocycles. The number of nitrogens with two attached hydrogens (primary N) is 1. The first kappa shape index (κ1) is 18.6. The largest absolute Gasteiger partial charge is 0.383 e. The van der Waals surface area contributed by atoms with Gasteiger partial charge in [0.15, 0.2) is 0 Å². The Balaban J connectivity index is 1.80. The van der Waals surface area contributed by atoms with Gasteiger partial charge in [0, 0.05) is 16.7 Å². The number of para-hydroxylation sites is 1. The van der Waals surface area contributed by atoms with Crippen LogP contribution in [0, 0.1) is 12.3 Å². The molecule has 144 valence electrons. The Bertz CT molecular complexity index is 1220. The predicted octanol–water partition coefficient (Wildman–Crippen LogP) is 4.58. The minimum Gasteiger partial charge on any atom is -0.383 e. The molecule has 2 heterocycles. The third-order valence-electron chi connectivity index (χ3n) is 4.91. The summed E-state index contributed by atoms with van der Waals surface area (Å²) in [6.07, 6.45) is 1.40. The molecule has 4 N–H and O–H groups in total. The smallest absolute Gasteiger partial charge is 0.140 e. The van der Waals surface area contributed by atoms with E-state index in [2.05, 4.69) is 46.5 Å². The summed E-state index contributed by atoms with van der Waals surface area (Å²) in [4.78, 5) is 13.2. The Hall–Kier alpha value is -3.80. The fourth-order valence-electron chi connectivity index (χ4n) is 3.47. The number of hydrogen-bond donors (Lipinski definition) is 3. The van der Waals surface area contributed by atoms with Crippen LogP contribution in [0.4, 0.5) is 11.6 Å². The predicted molar refractivity (Wildman–Crippen MR) is 118 cm³/mol. The zero-order valence-corrected chi connectivity index (χ0v) is 16.4. The SMILES string of the molecule is CC(=N)c1c(N)ncnc1NCc1nc2ccccc2cc1-c1ccccc1C. The highest BCUT2D eigenvalue weighted by molar-refractivity contribution is 6.04. The van der Waals surface area contributed by atoms with Crippen molar-refractivity contribution in [2.24, 2.45) is 0 Å². The summed E-state index contributed by atoms with van der Waals surface area (Å²) in [6.45, 7) is 4.22. The average Bonchev–Trinajstić information content (AvgIpc) is 2.71. The van der Waals surface area contributed by atoms with E-state index in [0.717, 1.165) is 27.7 Å². The van der Waals surface area contributed by atoms with Gasteiger partial charge in [-0.1, -0.05) is 42.5 Å². The van der Waals surface area contributed by atoms with E-state index in [0.29, 0.717) is 29.5 Å². The van der Waals surface area contributed by atoms with Gasteiger partial charge >= 0.3 is 0 Å². The summed E-state index contributed by atoms with van der Waals surface area (Å²) in [5.74, 6) is 0.830. The van der Waals surface area contributed by atoms with Crippen molar-refractivity contribution in [1.82, 2.24) is 15.0 Å². The van der Waals surface area contributed by atoms with Crippen LogP contribution in [-0.2, 0) is 6.54 Å². The highest BCUT2D eigenvalue weighted by Gasteiger charge is 2.14. The van der Waals surface area contributed by atoms with Gasteiger partial charge in [-0.15, -0.1) is 0 Å². The molecule has 0 radical (unpaired) electrons.